The van der Waals surface area contributed by atoms with Crippen molar-refractivity contribution in [3.63, 3.8) is 0 Å². The molecule has 1 unspecified atom stereocenters. The molecule has 1 aliphatic rings. The summed E-state index contributed by atoms with van der Waals surface area (Å²) in [6.45, 7) is 10.2. The van der Waals surface area contributed by atoms with Crippen molar-refractivity contribution in [1.82, 2.24) is 4.90 Å². The van der Waals surface area contributed by atoms with E-state index in [0.29, 0.717) is 5.41 Å². The number of hydrogen-bond donors (Lipinski definition) is 1. The van der Waals surface area contributed by atoms with Crippen LogP contribution in [0.4, 0.5) is 0 Å². The molecule has 0 bridgehead atoms. The summed E-state index contributed by atoms with van der Waals surface area (Å²) in [7, 11) is 2.28. The van der Waals surface area contributed by atoms with Gasteiger partial charge in [-0.15, -0.1) is 0 Å². The maximum absolute atomic E-state index is 6.01. The molecule has 102 valence electrons. The number of nitrogens with zero attached hydrogens (tertiary/aromatic N) is 1. The summed E-state index contributed by atoms with van der Waals surface area (Å²) in [6, 6.07) is 0.739. The molecule has 1 fully saturated rings. The third kappa shape index (κ3) is 3.69. The van der Waals surface area contributed by atoms with Gasteiger partial charge in [0.15, 0.2) is 0 Å². The number of nitrogens with two attached hydrogens (primary N) is 1. The van der Waals surface area contributed by atoms with E-state index in [9.17, 15) is 0 Å². The second-order valence-corrected chi connectivity index (χ2v) is 6.96. The van der Waals surface area contributed by atoms with Crippen molar-refractivity contribution in [2.24, 2.45) is 11.1 Å². The van der Waals surface area contributed by atoms with Crippen LogP contribution in [0.3, 0.4) is 0 Å². The van der Waals surface area contributed by atoms with E-state index >= 15 is 0 Å². The van der Waals surface area contributed by atoms with Crippen molar-refractivity contribution in [3.8, 4) is 0 Å². The van der Waals surface area contributed by atoms with E-state index < -0.39 is 0 Å². The summed E-state index contributed by atoms with van der Waals surface area (Å²) in [4.78, 5) is 2.58. The van der Waals surface area contributed by atoms with Gasteiger partial charge in [-0.05, 0) is 51.5 Å². The first kappa shape index (κ1) is 15.0. The smallest absolute Gasteiger partial charge is 0.0303 e. The Morgan fingerprint density at radius 1 is 1.29 bits per heavy atom. The zero-order valence-electron chi connectivity index (χ0n) is 12.6. The maximum atomic E-state index is 6.01. The molecule has 0 spiro atoms. The summed E-state index contributed by atoms with van der Waals surface area (Å²) in [5, 5.41) is 0. The fourth-order valence-electron chi connectivity index (χ4n) is 3.17. The highest BCUT2D eigenvalue weighted by Gasteiger charge is 2.35. The van der Waals surface area contributed by atoms with Gasteiger partial charge < -0.3 is 5.73 Å². The van der Waals surface area contributed by atoms with Crippen LogP contribution in [0.15, 0.2) is 0 Å². The molecule has 0 heterocycles. The molecule has 1 atom stereocenters. The van der Waals surface area contributed by atoms with Crippen LogP contribution in [0.5, 0.6) is 0 Å². The SMILES string of the molecule is CCCC(C)(CN)N(C)C1CCC(C)(C)CC1. The van der Waals surface area contributed by atoms with Crippen molar-refractivity contribution in [2.75, 3.05) is 13.6 Å². The van der Waals surface area contributed by atoms with E-state index in [4.69, 9.17) is 5.73 Å². The molecule has 0 amide bonds. The normalized spacial score (nSPS) is 24.9. The Balaban J connectivity index is 2.60. The van der Waals surface area contributed by atoms with Gasteiger partial charge in [-0.2, -0.15) is 0 Å². The fraction of sp³-hybridized carbons (Fsp3) is 1.00. The lowest BCUT2D eigenvalue weighted by atomic mass is 9.74. The summed E-state index contributed by atoms with van der Waals surface area (Å²) in [5.41, 5.74) is 6.76. The van der Waals surface area contributed by atoms with Crippen molar-refractivity contribution in [1.29, 1.82) is 0 Å². The fourth-order valence-corrected chi connectivity index (χ4v) is 3.17. The standard InChI is InChI=1S/C15H32N2/c1-6-9-15(4,12-16)17(5)13-7-10-14(2,3)11-8-13/h13H,6-12,16H2,1-5H3. The number of likely N-dealkylation sites (N-methyl/N-ethyl adjacent to an activating group) is 1. The monoisotopic (exact) mass is 240 g/mol. The third-order valence-corrected chi connectivity index (χ3v) is 4.94. The van der Waals surface area contributed by atoms with Crippen molar-refractivity contribution in [2.45, 2.75) is 77.8 Å². The van der Waals surface area contributed by atoms with E-state index in [0.717, 1.165) is 12.6 Å². The third-order valence-electron chi connectivity index (χ3n) is 4.94. The minimum atomic E-state index is 0.195. The first-order valence-electron chi connectivity index (χ1n) is 7.28. The van der Waals surface area contributed by atoms with E-state index in [1.165, 1.54) is 38.5 Å². The topological polar surface area (TPSA) is 29.3 Å². The molecular weight excluding hydrogens is 208 g/mol. The molecule has 0 aromatic carbocycles. The minimum Gasteiger partial charge on any atom is -0.329 e. The average Bonchev–Trinajstić information content (AvgIpc) is 2.28. The van der Waals surface area contributed by atoms with E-state index in [2.05, 4.69) is 39.6 Å². The highest BCUT2D eigenvalue weighted by atomic mass is 15.2. The van der Waals surface area contributed by atoms with E-state index in [1.807, 2.05) is 0 Å². The van der Waals surface area contributed by atoms with Gasteiger partial charge in [-0.1, -0.05) is 27.2 Å². The number of hydrogen-bond acceptors (Lipinski definition) is 2. The van der Waals surface area contributed by atoms with Crippen LogP contribution >= 0.6 is 0 Å². The lowest BCUT2D eigenvalue weighted by molar-refractivity contribution is 0.0410. The largest absolute Gasteiger partial charge is 0.329 e. The highest BCUT2D eigenvalue weighted by molar-refractivity contribution is 4.92. The van der Waals surface area contributed by atoms with Gasteiger partial charge in [0.2, 0.25) is 0 Å². The van der Waals surface area contributed by atoms with E-state index in [1.54, 1.807) is 0 Å². The Bertz CT molecular complexity index is 227. The molecule has 0 aromatic heterocycles. The summed E-state index contributed by atoms with van der Waals surface area (Å²) in [5.74, 6) is 0. The molecule has 1 rings (SSSR count). The molecule has 0 radical (unpaired) electrons. The van der Waals surface area contributed by atoms with E-state index in [-0.39, 0.29) is 5.54 Å². The molecule has 1 saturated carbocycles. The molecule has 2 N–H and O–H groups in total. The first-order chi connectivity index (χ1) is 7.84. The minimum absolute atomic E-state index is 0.195. The Kier molecular flexibility index (Phi) is 5.03. The quantitative estimate of drug-likeness (QED) is 0.798. The van der Waals surface area contributed by atoms with Crippen LogP contribution in [0, 0.1) is 5.41 Å². The van der Waals surface area contributed by atoms with Gasteiger partial charge in [-0.25, -0.2) is 0 Å². The second-order valence-electron chi connectivity index (χ2n) is 6.96. The molecule has 2 nitrogen and oxygen atoms in total. The Hall–Kier alpha value is -0.0800. The van der Waals surface area contributed by atoms with Gasteiger partial charge in [0.25, 0.3) is 0 Å². The van der Waals surface area contributed by atoms with Gasteiger partial charge in [0, 0.05) is 18.1 Å². The second kappa shape index (κ2) is 5.71. The van der Waals surface area contributed by atoms with Gasteiger partial charge >= 0.3 is 0 Å². The van der Waals surface area contributed by atoms with Crippen LogP contribution in [0.25, 0.3) is 0 Å². The predicted octanol–water partition coefficient (Wildman–Crippen LogP) is 3.40. The molecule has 17 heavy (non-hydrogen) atoms. The molecule has 2 heteroatoms. The highest BCUT2D eigenvalue weighted by Crippen LogP contribution is 2.38. The zero-order chi connectivity index (χ0) is 13.1. The maximum Gasteiger partial charge on any atom is 0.0303 e. The molecule has 0 saturated heterocycles. The number of rotatable bonds is 5. The van der Waals surface area contributed by atoms with Crippen LogP contribution < -0.4 is 5.73 Å². The van der Waals surface area contributed by atoms with Crippen molar-refractivity contribution in [3.05, 3.63) is 0 Å². The van der Waals surface area contributed by atoms with Crippen LogP contribution in [0.1, 0.15) is 66.2 Å². The van der Waals surface area contributed by atoms with Crippen molar-refractivity contribution >= 4 is 0 Å². The first-order valence-corrected chi connectivity index (χ1v) is 7.28. The van der Waals surface area contributed by atoms with Crippen LogP contribution in [-0.2, 0) is 0 Å². The Morgan fingerprint density at radius 2 is 1.82 bits per heavy atom. The Morgan fingerprint density at radius 3 is 2.24 bits per heavy atom. The summed E-state index contributed by atoms with van der Waals surface area (Å²) >= 11 is 0. The zero-order valence-corrected chi connectivity index (χ0v) is 12.6. The predicted molar refractivity (Wildman–Crippen MR) is 76.2 cm³/mol. The van der Waals surface area contributed by atoms with Gasteiger partial charge in [-0.3, -0.25) is 4.90 Å². The van der Waals surface area contributed by atoms with Crippen molar-refractivity contribution < 1.29 is 0 Å². The summed E-state index contributed by atoms with van der Waals surface area (Å²) in [6.07, 6.45) is 7.81. The average molecular weight is 240 g/mol. The van der Waals surface area contributed by atoms with Gasteiger partial charge in [0.1, 0.15) is 0 Å². The summed E-state index contributed by atoms with van der Waals surface area (Å²) < 4.78 is 0. The van der Waals surface area contributed by atoms with Gasteiger partial charge in [0.05, 0.1) is 0 Å². The van der Waals surface area contributed by atoms with Crippen LogP contribution in [-0.4, -0.2) is 30.1 Å². The molecule has 0 aromatic rings. The molecule has 0 aliphatic heterocycles. The van der Waals surface area contributed by atoms with Crippen LogP contribution in [0.2, 0.25) is 0 Å². The molecular formula is C15H32N2. The lowest BCUT2D eigenvalue weighted by Crippen LogP contribution is -2.54. The Labute approximate surface area is 108 Å². The lowest BCUT2D eigenvalue weighted by Gasteiger charge is -2.47. The molecule has 1 aliphatic carbocycles.